The van der Waals surface area contributed by atoms with Crippen LogP contribution in [0.15, 0.2) is 90.6 Å². The summed E-state index contributed by atoms with van der Waals surface area (Å²) in [5.74, 6) is 0. The van der Waals surface area contributed by atoms with Gasteiger partial charge >= 0.3 is 0 Å². The molecule has 3 nitrogen and oxygen atoms in total. The lowest BCUT2D eigenvalue weighted by atomic mass is 10.1. The Bertz CT molecular complexity index is 1000. The summed E-state index contributed by atoms with van der Waals surface area (Å²) in [6, 6.07) is 16.5. The fraction of sp³-hybridized carbons (Fsp3) is 0.0833. The van der Waals surface area contributed by atoms with Crippen LogP contribution in [0.4, 0.5) is 5.69 Å². The molecule has 132 valence electrons. The van der Waals surface area contributed by atoms with Crippen molar-refractivity contribution in [2.75, 3.05) is 19.0 Å². The van der Waals surface area contributed by atoms with Crippen LogP contribution in [0, 0.1) is 22.7 Å². The van der Waals surface area contributed by atoms with E-state index >= 15 is 0 Å². The van der Waals surface area contributed by atoms with Crippen LogP contribution >= 0.6 is 0 Å². The van der Waals surface area contributed by atoms with Crippen LogP contribution in [0.2, 0.25) is 0 Å². The van der Waals surface area contributed by atoms with Crippen LogP contribution in [-0.2, 0) is 0 Å². The van der Waals surface area contributed by atoms with Crippen molar-refractivity contribution in [3.05, 3.63) is 96.1 Å². The number of rotatable bonds is 6. The number of hydrogen-bond acceptors (Lipinski definition) is 3. The molecule has 0 amide bonds. The fourth-order valence-corrected chi connectivity index (χ4v) is 2.37. The minimum Gasteiger partial charge on any atom is -0.378 e. The quantitative estimate of drug-likeness (QED) is 0.505. The molecule has 0 atom stereocenters. The van der Waals surface area contributed by atoms with E-state index in [1.165, 1.54) is 22.5 Å². The van der Waals surface area contributed by atoms with Gasteiger partial charge in [0.2, 0.25) is 0 Å². The molecule has 0 heterocycles. The predicted molar refractivity (Wildman–Crippen MR) is 114 cm³/mol. The van der Waals surface area contributed by atoms with Gasteiger partial charge in [-0.15, -0.1) is 0 Å². The molecule has 3 heteroatoms. The van der Waals surface area contributed by atoms with Crippen molar-refractivity contribution in [3.63, 3.8) is 0 Å². The van der Waals surface area contributed by atoms with E-state index in [9.17, 15) is 0 Å². The highest BCUT2D eigenvalue weighted by molar-refractivity contribution is 5.87. The van der Waals surface area contributed by atoms with Gasteiger partial charge < -0.3 is 4.90 Å². The minimum absolute atomic E-state index is 0.0893. The van der Waals surface area contributed by atoms with Crippen molar-refractivity contribution in [2.24, 2.45) is 0 Å². The Labute approximate surface area is 160 Å². The highest BCUT2D eigenvalue weighted by Crippen LogP contribution is 2.22. The van der Waals surface area contributed by atoms with E-state index in [1.807, 2.05) is 44.5 Å². The van der Waals surface area contributed by atoms with Crippen molar-refractivity contribution < 1.29 is 0 Å². The number of nitrogens with zero attached hydrogens (tertiary/aromatic N) is 3. The molecule has 0 fully saturated rings. The summed E-state index contributed by atoms with van der Waals surface area (Å²) in [5, 5.41) is 19.6. The molecule has 2 aromatic carbocycles. The molecule has 0 aliphatic rings. The van der Waals surface area contributed by atoms with Crippen molar-refractivity contribution in [3.8, 4) is 12.1 Å². The molecule has 0 bridgehead atoms. The topological polar surface area (TPSA) is 50.8 Å². The fourth-order valence-electron chi connectivity index (χ4n) is 2.37. The number of fused-ring (bicyclic) bond motifs is 1. The largest absolute Gasteiger partial charge is 0.378 e. The molecule has 0 aliphatic heterocycles. The second-order valence-electron chi connectivity index (χ2n) is 6.00. The van der Waals surface area contributed by atoms with Crippen LogP contribution in [0.5, 0.6) is 0 Å². The van der Waals surface area contributed by atoms with Gasteiger partial charge in [-0.3, -0.25) is 0 Å². The maximum absolute atomic E-state index is 8.60. The van der Waals surface area contributed by atoms with Crippen LogP contribution in [0.3, 0.4) is 0 Å². The lowest BCUT2D eigenvalue weighted by molar-refractivity contribution is 1.14. The third-order valence-electron chi connectivity index (χ3n) is 3.82. The Hall–Kier alpha value is -3.82. The Morgan fingerprint density at radius 3 is 2.04 bits per heavy atom. The third-order valence-corrected chi connectivity index (χ3v) is 3.82. The molecule has 0 spiro atoms. The summed E-state index contributed by atoms with van der Waals surface area (Å²) in [5.41, 5.74) is 2.44. The zero-order valence-corrected chi connectivity index (χ0v) is 15.5. The first kappa shape index (κ1) is 19.5. The standard InChI is InChI=1S/C24H21N3/c1-27(2)24-15-14-22-16-20(12-13-23(22)17-24)10-8-6-4-3-5-7-9-11-21(18-25)19-26/h3-17H,1-2H3/b5-3+,6-4+,9-7+,10-8+. The maximum Gasteiger partial charge on any atom is 0.129 e. The lowest BCUT2D eigenvalue weighted by Crippen LogP contribution is -2.07. The van der Waals surface area contributed by atoms with Crippen LogP contribution in [0.1, 0.15) is 5.56 Å². The summed E-state index contributed by atoms with van der Waals surface area (Å²) in [4.78, 5) is 2.10. The van der Waals surface area contributed by atoms with Gasteiger partial charge in [-0.1, -0.05) is 66.8 Å². The summed E-state index contributed by atoms with van der Waals surface area (Å²) in [6.07, 6.45) is 16.6. The Morgan fingerprint density at radius 2 is 1.37 bits per heavy atom. The summed E-state index contributed by atoms with van der Waals surface area (Å²) in [6.45, 7) is 0. The molecule has 2 aromatic rings. The van der Waals surface area contributed by atoms with Crippen LogP contribution < -0.4 is 4.90 Å². The summed E-state index contributed by atoms with van der Waals surface area (Å²) in [7, 11) is 4.09. The van der Waals surface area contributed by atoms with Crippen molar-refractivity contribution in [1.29, 1.82) is 10.5 Å². The number of hydrogen-bond donors (Lipinski definition) is 0. The van der Waals surface area contributed by atoms with E-state index in [0.29, 0.717) is 0 Å². The van der Waals surface area contributed by atoms with E-state index in [0.717, 1.165) is 5.56 Å². The third kappa shape index (κ3) is 6.20. The van der Waals surface area contributed by atoms with Gasteiger partial charge in [0, 0.05) is 19.8 Å². The zero-order valence-electron chi connectivity index (χ0n) is 15.5. The van der Waals surface area contributed by atoms with Gasteiger partial charge in [-0.25, -0.2) is 0 Å². The van der Waals surface area contributed by atoms with Crippen molar-refractivity contribution in [1.82, 2.24) is 0 Å². The van der Waals surface area contributed by atoms with Gasteiger partial charge in [0.25, 0.3) is 0 Å². The molecule has 0 aliphatic carbocycles. The zero-order chi connectivity index (χ0) is 19.5. The first-order valence-corrected chi connectivity index (χ1v) is 8.54. The lowest BCUT2D eigenvalue weighted by Gasteiger charge is -2.13. The normalized spacial score (nSPS) is 11.4. The van der Waals surface area contributed by atoms with Gasteiger partial charge in [0.05, 0.1) is 0 Å². The monoisotopic (exact) mass is 351 g/mol. The van der Waals surface area contributed by atoms with E-state index in [1.54, 1.807) is 24.3 Å². The molecule has 0 radical (unpaired) electrons. The average Bonchev–Trinajstić information content (AvgIpc) is 2.69. The van der Waals surface area contributed by atoms with E-state index < -0.39 is 0 Å². The SMILES string of the molecule is CN(C)c1ccc2cc(/C=C/C=C/C=C/C=C/C=C(C#N)C#N)ccc2c1. The summed E-state index contributed by atoms with van der Waals surface area (Å²) >= 11 is 0. The number of benzene rings is 2. The Balaban J connectivity index is 1.95. The highest BCUT2D eigenvalue weighted by atomic mass is 15.1. The number of anilines is 1. The summed E-state index contributed by atoms with van der Waals surface area (Å²) < 4.78 is 0. The second kappa shape index (κ2) is 10.2. The van der Waals surface area contributed by atoms with Gasteiger partial charge in [-0.2, -0.15) is 10.5 Å². The molecule has 2 rings (SSSR count). The van der Waals surface area contributed by atoms with Crippen molar-refractivity contribution in [2.45, 2.75) is 0 Å². The Kier molecular flexibility index (Phi) is 7.39. The molecule has 0 saturated heterocycles. The predicted octanol–water partition coefficient (Wildman–Crippen LogP) is 5.56. The smallest absolute Gasteiger partial charge is 0.129 e. The minimum atomic E-state index is 0.0893. The average molecular weight is 351 g/mol. The van der Waals surface area contributed by atoms with Gasteiger partial charge in [0.15, 0.2) is 0 Å². The van der Waals surface area contributed by atoms with Crippen molar-refractivity contribution >= 4 is 22.5 Å². The maximum atomic E-state index is 8.60. The Morgan fingerprint density at radius 1 is 0.778 bits per heavy atom. The molecular weight excluding hydrogens is 330 g/mol. The molecule has 0 saturated carbocycles. The first-order valence-electron chi connectivity index (χ1n) is 8.54. The molecule has 0 aromatic heterocycles. The first-order chi connectivity index (χ1) is 13.1. The van der Waals surface area contributed by atoms with Crippen LogP contribution in [0.25, 0.3) is 16.8 Å². The van der Waals surface area contributed by atoms with E-state index in [-0.39, 0.29) is 5.57 Å². The molecule has 0 N–H and O–H groups in total. The number of nitriles is 2. The van der Waals surface area contributed by atoms with Crippen LogP contribution in [-0.4, -0.2) is 14.1 Å². The highest BCUT2D eigenvalue weighted by Gasteiger charge is 1.98. The van der Waals surface area contributed by atoms with Gasteiger partial charge in [0.1, 0.15) is 17.7 Å². The van der Waals surface area contributed by atoms with E-state index in [2.05, 4.69) is 47.4 Å². The molecule has 0 unspecified atom stereocenters. The van der Waals surface area contributed by atoms with Gasteiger partial charge in [-0.05, 0) is 40.6 Å². The molecular formula is C24H21N3. The second-order valence-corrected chi connectivity index (χ2v) is 6.00. The van der Waals surface area contributed by atoms with E-state index in [4.69, 9.17) is 10.5 Å². The number of allylic oxidation sites excluding steroid dienone is 9. The molecule has 27 heavy (non-hydrogen) atoms.